The summed E-state index contributed by atoms with van der Waals surface area (Å²) in [4.78, 5) is 33.0. The van der Waals surface area contributed by atoms with E-state index in [9.17, 15) is 14.4 Å². The van der Waals surface area contributed by atoms with Gasteiger partial charge in [0.25, 0.3) is 0 Å². The van der Waals surface area contributed by atoms with Crippen molar-refractivity contribution in [2.45, 2.75) is 6.92 Å². The first-order chi connectivity index (χ1) is 12.0. The van der Waals surface area contributed by atoms with Gasteiger partial charge in [0.2, 0.25) is 0 Å². The summed E-state index contributed by atoms with van der Waals surface area (Å²) in [7, 11) is 0. The molecule has 0 aromatic heterocycles. The molecule has 130 valence electrons. The molecule has 0 spiro atoms. The Balaban J connectivity index is 0.000000333. The Morgan fingerprint density at radius 1 is 0.880 bits per heavy atom. The predicted molar refractivity (Wildman–Crippen MR) is 91.0 cm³/mol. The van der Waals surface area contributed by atoms with E-state index in [1.165, 1.54) is 0 Å². The van der Waals surface area contributed by atoms with E-state index < -0.39 is 17.9 Å². The van der Waals surface area contributed by atoms with Gasteiger partial charge in [0, 0.05) is 0 Å². The van der Waals surface area contributed by atoms with Crippen molar-refractivity contribution in [3.63, 3.8) is 0 Å². The first kappa shape index (κ1) is 19.6. The monoisotopic (exact) mass is 342 g/mol. The minimum Gasteiger partial charge on any atom is -0.487 e. The molecule has 6 nitrogen and oxygen atoms in total. The highest BCUT2D eigenvalue weighted by Gasteiger charge is 2.13. The van der Waals surface area contributed by atoms with Gasteiger partial charge in [-0.25, -0.2) is 14.4 Å². The quantitative estimate of drug-likeness (QED) is 0.388. The van der Waals surface area contributed by atoms with Crippen LogP contribution < -0.4 is 0 Å². The van der Waals surface area contributed by atoms with Gasteiger partial charge in [-0.05, 0) is 37.8 Å². The molecule has 0 bridgehead atoms. The highest BCUT2D eigenvalue weighted by atomic mass is 16.6. The zero-order chi connectivity index (χ0) is 18.7. The van der Waals surface area contributed by atoms with Gasteiger partial charge in [-0.3, -0.25) is 0 Å². The van der Waals surface area contributed by atoms with Crippen LogP contribution in [0.3, 0.4) is 0 Å². The normalized spacial score (nSPS) is 9.16. The molecule has 0 saturated heterocycles. The van der Waals surface area contributed by atoms with Crippen LogP contribution in [0.15, 0.2) is 73.0 Å². The molecule has 2 aromatic carbocycles. The molecule has 2 rings (SSSR count). The summed E-state index contributed by atoms with van der Waals surface area (Å²) in [6.45, 7) is 5.18. The first-order valence-electron chi connectivity index (χ1n) is 7.37. The standard InChI is InChI=1S/C14H10O3.C5H8O3/c15-13(11-7-3-1-4-8-11)17-14(16)12-9-5-2-6-10-12;1-3-8-4(2)5(6)7/h1-10H;2-3H2,1H3,(H,6,7). The summed E-state index contributed by atoms with van der Waals surface area (Å²) in [5.74, 6) is -2.58. The van der Waals surface area contributed by atoms with Gasteiger partial charge in [-0.2, -0.15) is 0 Å². The van der Waals surface area contributed by atoms with E-state index in [0.29, 0.717) is 17.7 Å². The van der Waals surface area contributed by atoms with Gasteiger partial charge in [-0.15, -0.1) is 0 Å². The molecule has 25 heavy (non-hydrogen) atoms. The van der Waals surface area contributed by atoms with Crippen LogP contribution in [0.4, 0.5) is 0 Å². The van der Waals surface area contributed by atoms with Gasteiger partial charge in [0.1, 0.15) is 0 Å². The van der Waals surface area contributed by atoms with E-state index in [4.69, 9.17) is 9.84 Å². The number of esters is 2. The van der Waals surface area contributed by atoms with Crippen molar-refractivity contribution in [3.05, 3.63) is 84.1 Å². The Bertz CT molecular complexity index is 673. The molecule has 6 heteroatoms. The SMILES string of the molecule is C=C(OCC)C(=O)O.O=C(OC(=O)c1ccccc1)c1ccccc1. The van der Waals surface area contributed by atoms with Crippen LogP contribution in [-0.2, 0) is 14.3 Å². The topological polar surface area (TPSA) is 89.9 Å². The smallest absolute Gasteiger partial charge is 0.370 e. The summed E-state index contributed by atoms with van der Waals surface area (Å²) >= 11 is 0. The lowest BCUT2D eigenvalue weighted by molar-refractivity contribution is -0.136. The molecule has 0 heterocycles. The molecule has 0 aliphatic heterocycles. The fourth-order valence-corrected chi connectivity index (χ4v) is 1.59. The molecule has 0 saturated carbocycles. The molecule has 0 aliphatic carbocycles. The molecular weight excluding hydrogens is 324 g/mol. The minimum atomic E-state index is -1.10. The molecular formula is C19H18O6. The van der Waals surface area contributed by atoms with E-state index >= 15 is 0 Å². The molecule has 0 radical (unpaired) electrons. The van der Waals surface area contributed by atoms with Crippen molar-refractivity contribution in [2.24, 2.45) is 0 Å². The lowest BCUT2D eigenvalue weighted by atomic mass is 10.2. The van der Waals surface area contributed by atoms with Crippen LogP contribution in [0.1, 0.15) is 27.6 Å². The zero-order valence-electron chi connectivity index (χ0n) is 13.7. The van der Waals surface area contributed by atoms with Gasteiger partial charge in [0.15, 0.2) is 5.76 Å². The Hall–Kier alpha value is -3.41. The number of hydrogen-bond donors (Lipinski definition) is 1. The first-order valence-corrected chi connectivity index (χ1v) is 7.37. The average Bonchev–Trinajstić information content (AvgIpc) is 2.63. The van der Waals surface area contributed by atoms with Gasteiger partial charge >= 0.3 is 17.9 Å². The molecule has 2 aromatic rings. The van der Waals surface area contributed by atoms with Crippen LogP contribution in [0.5, 0.6) is 0 Å². The van der Waals surface area contributed by atoms with Crippen molar-refractivity contribution >= 4 is 17.9 Å². The van der Waals surface area contributed by atoms with Crippen LogP contribution in [0, 0.1) is 0 Å². The summed E-state index contributed by atoms with van der Waals surface area (Å²) in [5.41, 5.74) is 0.716. The van der Waals surface area contributed by atoms with Crippen LogP contribution in [-0.4, -0.2) is 29.6 Å². The number of hydrogen-bond acceptors (Lipinski definition) is 5. The zero-order valence-corrected chi connectivity index (χ0v) is 13.7. The van der Waals surface area contributed by atoms with Crippen LogP contribution >= 0.6 is 0 Å². The lowest BCUT2D eigenvalue weighted by Crippen LogP contribution is -2.12. The molecule has 0 fully saturated rings. The lowest BCUT2D eigenvalue weighted by Gasteiger charge is -2.02. The number of benzene rings is 2. The minimum absolute atomic E-state index is 0.201. The number of ether oxygens (including phenoxy) is 2. The third-order valence-electron chi connectivity index (χ3n) is 2.76. The highest BCUT2D eigenvalue weighted by molar-refractivity contribution is 6.02. The Kier molecular flexibility index (Phi) is 8.15. The maximum Gasteiger partial charge on any atom is 0.370 e. The van der Waals surface area contributed by atoms with Crippen molar-refractivity contribution < 1.29 is 29.0 Å². The Morgan fingerprint density at radius 2 is 1.28 bits per heavy atom. The average molecular weight is 342 g/mol. The Morgan fingerprint density at radius 3 is 1.56 bits per heavy atom. The summed E-state index contributed by atoms with van der Waals surface area (Å²) < 4.78 is 9.25. The van der Waals surface area contributed by atoms with E-state index in [1.807, 2.05) is 0 Å². The fraction of sp³-hybridized carbons (Fsp3) is 0.105. The highest BCUT2D eigenvalue weighted by Crippen LogP contribution is 2.06. The van der Waals surface area contributed by atoms with Crippen molar-refractivity contribution in [2.75, 3.05) is 6.61 Å². The van der Waals surface area contributed by atoms with Crippen molar-refractivity contribution in [1.29, 1.82) is 0 Å². The van der Waals surface area contributed by atoms with E-state index in [0.717, 1.165) is 0 Å². The number of carbonyl (C=O) groups is 3. The van der Waals surface area contributed by atoms with Gasteiger partial charge in [0.05, 0.1) is 17.7 Å². The maximum atomic E-state index is 11.6. The Labute approximate surface area is 145 Å². The largest absolute Gasteiger partial charge is 0.487 e. The fourth-order valence-electron chi connectivity index (χ4n) is 1.59. The summed E-state index contributed by atoms with van der Waals surface area (Å²) in [5, 5.41) is 8.09. The molecule has 0 atom stereocenters. The second-order valence-corrected chi connectivity index (χ2v) is 4.57. The van der Waals surface area contributed by atoms with Crippen molar-refractivity contribution in [3.8, 4) is 0 Å². The third-order valence-corrected chi connectivity index (χ3v) is 2.76. The number of carbonyl (C=O) groups excluding carboxylic acids is 2. The van der Waals surface area contributed by atoms with Crippen LogP contribution in [0.25, 0.3) is 0 Å². The molecule has 0 aliphatic rings. The summed E-state index contributed by atoms with van der Waals surface area (Å²) in [6.07, 6.45) is 0. The summed E-state index contributed by atoms with van der Waals surface area (Å²) in [6, 6.07) is 16.8. The number of carboxylic acids is 1. The molecule has 1 N–H and O–H groups in total. The third kappa shape index (κ3) is 7.13. The number of rotatable bonds is 5. The number of aliphatic carboxylic acids is 1. The van der Waals surface area contributed by atoms with Gasteiger partial charge < -0.3 is 14.6 Å². The van der Waals surface area contributed by atoms with E-state index in [2.05, 4.69) is 11.3 Å². The van der Waals surface area contributed by atoms with Gasteiger partial charge in [-0.1, -0.05) is 36.4 Å². The number of carboxylic acid groups (broad SMARTS) is 1. The second kappa shape index (κ2) is 10.4. The van der Waals surface area contributed by atoms with Crippen molar-refractivity contribution in [1.82, 2.24) is 0 Å². The predicted octanol–water partition coefficient (Wildman–Crippen LogP) is 3.31. The van der Waals surface area contributed by atoms with Crippen LogP contribution in [0.2, 0.25) is 0 Å². The van der Waals surface area contributed by atoms with E-state index in [1.54, 1.807) is 67.6 Å². The van der Waals surface area contributed by atoms with E-state index in [-0.39, 0.29) is 5.76 Å². The molecule has 0 amide bonds. The second-order valence-electron chi connectivity index (χ2n) is 4.57. The maximum absolute atomic E-state index is 11.6. The molecule has 0 unspecified atom stereocenters.